The first-order valence-electron chi connectivity index (χ1n) is 14.2. The molecular weight excluding hydrogens is 547 g/mol. The molecule has 0 saturated carbocycles. The Labute approximate surface area is 251 Å². The Kier molecular flexibility index (Phi) is 8.32. The first-order chi connectivity index (χ1) is 20.4. The number of fused-ring (bicyclic) bond motifs is 1. The number of amides is 2. The Morgan fingerprint density at radius 3 is 2.47 bits per heavy atom. The van der Waals surface area contributed by atoms with Crippen LogP contribution in [-0.4, -0.2) is 69.1 Å². The number of anilines is 1. The zero-order valence-corrected chi connectivity index (χ0v) is 25.4. The number of halogens is 1. The summed E-state index contributed by atoms with van der Waals surface area (Å²) in [6.07, 6.45) is 5.89. The van der Waals surface area contributed by atoms with E-state index < -0.39 is 17.5 Å². The van der Waals surface area contributed by atoms with Gasteiger partial charge < -0.3 is 14.2 Å². The average Bonchev–Trinajstić information content (AvgIpc) is 3.27. The quantitative estimate of drug-likeness (QED) is 0.294. The largest absolute Gasteiger partial charge is 0.444 e. The number of ether oxygens (including phenoxy) is 1. The molecular formula is C33H37FN6O3. The first-order valence-corrected chi connectivity index (χ1v) is 14.2. The van der Waals surface area contributed by atoms with Gasteiger partial charge in [0, 0.05) is 69.8 Å². The highest BCUT2D eigenvalue weighted by Crippen LogP contribution is 2.31. The van der Waals surface area contributed by atoms with Crippen molar-refractivity contribution in [2.45, 2.75) is 39.3 Å². The van der Waals surface area contributed by atoms with Gasteiger partial charge in [0.2, 0.25) is 0 Å². The molecule has 0 unspecified atom stereocenters. The van der Waals surface area contributed by atoms with E-state index in [1.54, 1.807) is 38.6 Å². The highest BCUT2D eigenvalue weighted by Gasteiger charge is 2.20. The second-order valence-electron chi connectivity index (χ2n) is 12.0. The molecule has 1 aliphatic heterocycles. The third-order valence-electron chi connectivity index (χ3n) is 7.39. The number of benzene rings is 1. The van der Waals surface area contributed by atoms with Gasteiger partial charge >= 0.3 is 6.09 Å². The number of aryl methyl sites for hydroxylation is 1. The fourth-order valence-electron chi connectivity index (χ4n) is 5.19. The van der Waals surface area contributed by atoms with Crippen molar-refractivity contribution >= 4 is 34.4 Å². The lowest BCUT2D eigenvalue weighted by Crippen LogP contribution is -2.29. The Hall–Kier alpha value is -4.57. The SMILES string of the molecule is CN(C)C(=O)c1ccc(C2=CCN(Cc3cc4c(-c5ccc(NC(=O)OC(C)(C)C)nc5)ccnc4n3C)CC2)cc1F. The number of aromatic nitrogens is 3. The predicted octanol–water partition coefficient (Wildman–Crippen LogP) is 6.11. The minimum Gasteiger partial charge on any atom is -0.444 e. The normalized spacial score (nSPS) is 14.0. The van der Waals surface area contributed by atoms with Crippen LogP contribution in [0.5, 0.6) is 0 Å². The third-order valence-corrected chi connectivity index (χ3v) is 7.39. The maximum absolute atomic E-state index is 14.7. The topological polar surface area (TPSA) is 92.6 Å². The standard InChI is InChI=1S/C33H37FN6O3/c1-33(2,3)43-32(42)37-29-10-8-23(19-36-29)25-11-14-35-30-27(25)18-24(39(30)6)20-40-15-12-21(13-16-40)22-7-9-26(28(34)17-22)31(41)38(4)5/h7-12,14,17-19H,13,15-16,20H2,1-6H3,(H,36,37,42). The Morgan fingerprint density at radius 2 is 1.84 bits per heavy atom. The molecule has 1 N–H and O–H groups in total. The number of carbonyl (C=O) groups excluding carboxylic acids is 2. The molecule has 0 saturated heterocycles. The number of nitrogens with one attached hydrogen (secondary N) is 1. The minimum absolute atomic E-state index is 0.0831. The molecule has 0 atom stereocenters. The van der Waals surface area contributed by atoms with Crippen molar-refractivity contribution in [1.29, 1.82) is 0 Å². The van der Waals surface area contributed by atoms with Crippen LogP contribution in [0.3, 0.4) is 0 Å². The predicted molar refractivity (Wildman–Crippen MR) is 166 cm³/mol. The van der Waals surface area contributed by atoms with E-state index in [0.717, 1.165) is 65.0 Å². The van der Waals surface area contributed by atoms with Crippen LogP contribution in [0.2, 0.25) is 0 Å². The second kappa shape index (κ2) is 12.0. The molecule has 2 amide bonds. The van der Waals surface area contributed by atoms with Crippen LogP contribution in [0.15, 0.2) is 60.9 Å². The van der Waals surface area contributed by atoms with Crippen molar-refractivity contribution in [1.82, 2.24) is 24.3 Å². The fraction of sp³-hybridized carbons (Fsp3) is 0.333. The van der Waals surface area contributed by atoms with Gasteiger partial charge in [0.05, 0.1) is 5.56 Å². The summed E-state index contributed by atoms with van der Waals surface area (Å²) in [5.74, 6) is -0.429. The van der Waals surface area contributed by atoms with Crippen LogP contribution in [0.25, 0.3) is 27.7 Å². The summed E-state index contributed by atoms with van der Waals surface area (Å²) < 4.78 is 22.1. The van der Waals surface area contributed by atoms with Gasteiger partial charge in [-0.25, -0.2) is 19.2 Å². The summed E-state index contributed by atoms with van der Waals surface area (Å²) in [4.78, 5) is 37.1. The molecule has 0 aliphatic carbocycles. The lowest BCUT2D eigenvalue weighted by atomic mass is 9.97. The molecule has 1 aromatic carbocycles. The summed E-state index contributed by atoms with van der Waals surface area (Å²) in [5, 5.41) is 3.69. The van der Waals surface area contributed by atoms with Gasteiger partial charge in [-0.1, -0.05) is 12.1 Å². The Bertz CT molecular complexity index is 1700. The minimum atomic E-state index is -0.593. The van der Waals surface area contributed by atoms with Gasteiger partial charge in [0.25, 0.3) is 5.91 Å². The van der Waals surface area contributed by atoms with E-state index in [9.17, 15) is 14.0 Å². The number of pyridine rings is 2. The molecule has 5 rings (SSSR count). The van der Waals surface area contributed by atoms with Crippen LogP contribution in [-0.2, 0) is 18.3 Å². The summed E-state index contributed by atoms with van der Waals surface area (Å²) in [5.41, 5.74) is 5.30. The molecule has 4 heterocycles. The van der Waals surface area contributed by atoms with Crippen LogP contribution < -0.4 is 5.32 Å². The summed E-state index contributed by atoms with van der Waals surface area (Å²) in [7, 11) is 5.25. The zero-order chi connectivity index (χ0) is 30.9. The number of hydrogen-bond acceptors (Lipinski definition) is 6. The van der Waals surface area contributed by atoms with Gasteiger partial charge in [0.1, 0.15) is 22.9 Å². The van der Waals surface area contributed by atoms with Gasteiger partial charge in [-0.05, 0) is 80.3 Å². The van der Waals surface area contributed by atoms with E-state index in [-0.39, 0.29) is 11.5 Å². The fourth-order valence-corrected chi connectivity index (χ4v) is 5.19. The summed E-state index contributed by atoms with van der Waals surface area (Å²) in [6, 6.07) is 12.7. The second-order valence-corrected chi connectivity index (χ2v) is 12.0. The monoisotopic (exact) mass is 584 g/mol. The smallest absolute Gasteiger partial charge is 0.413 e. The van der Waals surface area contributed by atoms with E-state index >= 15 is 0 Å². The van der Waals surface area contributed by atoms with Crippen LogP contribution in [0.4, 0.5) is 15.0 Å². The zero-order valence-electron chi connectivity index (χ0n) is 25.4. The molecule has 10 heteroatoms. The number of hydrogen-bond donors (Lipinski definition) is 1. The van der Waals surface area contributed by atoms with Crippen LogP contribution in [0, 0.1) is 5.82 Å². The lowest BCUT2D eigenvalue weighted by Gasteiger charge is -2.26. The lowest BCUT2D eigenvalue weighted by molar-refractivity contribution is 0.0635. The summed E-state index contributed by atoms with van der Waals surface area (Å²) >= 11 is 0. The van der Waals surface area contributed by atoms with Crippen molar-refractivity contribution in [3.05, 3.63) is 83.6 Å². The van der Waals surface area contributed by atoms with Crippen molar-refractivity contribution in [3.63, 3.8) is 0 Å². The molecule has 43 heavy (non-hydrogen) atoms. The Balaban J connectivity index is 1.29. The molecule has 0 spiro atoms. The van der Waals surface area contributed by atoms with Crippen LogP contribution >= 0.6 is 0 Å². The van der Waals surface area contributed by atoms with Gasteiger partial charge in [0.15, 0.2) is 0 Å². The molecule has 0 radical (unpaired) electrons. The first kappa shape index (κ1) is 29.9. The van der Waals surface area contributed by atoms with E-state index in [1.165, 1.54) is 11.0 Å². The highest BCUT2D eigenvalue weighted by molar-refractivity contribution is 5.95. The highest BCUT2D eigenvalue weighted by atomic mass is 19.1. The van der Waals surface area contributed by atoms with Crippen molar-refractivity contribution < 1.29 is 18.7 Å². The van der Waals surface area contributed by atoms with E-state index in [1.807, 2.05) is 46.0 Å². The van der Waals surface area contributed by atoms with Gasteiger partial charge in [-0.3, -0.25) is 15.0 Å². The van der Waals surface area contributed by atoms with Crippen molar-refractivity contribution in [2.24, 2.45) is 7.05 Å². The number of nitrogens with zero attached hydrogens (tertiary/aromatic N) is 5. The molecule has 3 aromatic heterocycles. The molecule has 224 valence electrons. The maximum atomic E-state index is 14.7. The van der Waals surface area contributed by atoms with Crippen molar-refractivity contribution in [2.75, 3.05) is 32.5 Å². The molecule has 1 aliphatic rings. The molecule has 0 bridgehead atoms. The summed E-state index contributed by atoms with van der Waals surface area (Å²) in [6.45, 7) is 7.72. The molecule has 0 fully saturated rings. The van der Waals surface area contributed by atoms with Gasteiger partial charge in [-0.15, -0.1) is 0 Å². The molecule has 9 nitrogen and oxygen atoms in total. The van der Waals surface area contributed by atoms with Crippen molar-refractivity contribution in [3.8, 4) is 11.1 Å². The van der Waals surface area contributed by atoms with E-state index in [2.05, 4.69) is 36.9 Å². The third kappa shape index (κ3) is 6.75. The van der Waals surface area contributed by atoms with Crippen LogP contribution in [0.1, 0.15) is 48.8 Å². The van der Waals surface area contributed by atoms with Gasteiger partial charge in [-0.2, -0.15) is 0 Å². The number of rotatable bonds is 6. The molecule has 4 aromatic rings. The Morgan fingerprint density at radius 1 is 1.07 bits per heavy atom. The van der Waals surface area contributed by atoms with E-state index in [0.29, 0.717) is 5.82 Å². The average molecular weight is 585 g/mol. The maximum Gasteiger partial charge on any atom is 0.413 e. The van der Waals surface area contributed by atoms with E-state index in [4.69, 9.17) is 4.74 Å². The number of carbonyl (C=O) groups is 2.